The Hall–Kier alpha value is -1.36. The first kappa shape index (κ1) is 11.7. The molecule has 1 aromatic heterocycles. The van der Waals surface area contributed by atoms with Gasteiger partial charge in [-0.25, -0.2) is 4.98 Å². The number of nitrogens with one attached hydrogen (secondary N) is 3. The Morgan fingerprint density at radius 3 is 2.93 bits per heavy atom. The summed E-state index contributed by atoms with van der Waals surface area (Å²) in [7, 11) is 1.81. The Bertz CT molecular complexity index is 289. The summed E-state index contributed by atoms with van der Waals surface area (Å²) in [6.45, 7) is 1.75. The van der Waals surface area contributed by atoms with Crippen LogP contribution in [-0.4, -0.2) is 30.2 Å². The molecule has 0 radical (unpaired) electrons. The maximum atomic E-state index is 4.94. The molecule has 1 heterocycles. The van der Waals surface area contributed by atoms with Crippen molar-refractivity contribution >= 4 is 23.1 Å². The zero-order valence-electron chi connectivity index (χ0n) is 8.79. The van der Waals surface area contributed by atoms with Gasteiger partial charge in [-0.1, -0.05) is 6.07 Å². The Balaban J connectivity index is 2.05. The van der Waals surface area contributed by atoms with E-state index in [1.165, 1.54) is 0 Å². The van der Waals surface area contributed by atoms with Crippen LogP contribution in [0.25, 0.3) is 0 Å². The Labute approximate surface area is 95.5 Å². The normalized spacial score (nSPS) is 9.40. The minimum atomic E-state index is 0.688. The average Bonchev–Trinajstić information content (AvgIpc) is 2.29. The molecule has 0 aromatic carbocycles. The first-order chi connectivity index (χ1) is 7.33. The molecule has 0 unspecified atom stereocenters. The van der Waals surface area contributed by atoms with Crippen molar-refractivity contribution in [3.05, 3.63) is 24.4 Å². The van der Waals surface area contributed by atoms with Gasteiger partial charge in [-0.05, 0) is 30.8 Å². The van der Waals surface area contributed by atoms with Gasteiger partial charge in [0, 0.05) is 26.3 Å². The van der Waals surface area contributed by atoms with Gasteiger partial charge in [-0.3, -0.25) is 0 Å². The molecular weight excluding hydrogens is 208 g/mol. The number of pyridine rings is 1. The fourth-order valence-electron chi connectivity index (χ4n) is 1.06. The minimum absolute atomic E-state index is 0.688. The molecular formula is C10H16N4S. The summed E-state index contributed by atoms with van der Waals surface area (Å²) in [5, 5.41) is 9.85. The van der Waals surface area contributed by atoms with Crippen molar-refractivity contribution in [3.8, 4) is 0 Å². The number of hydrogen-bond acceptors (Lipinski definition) is 3. The second-order valence-corrected chi connectivity index (χ2v) is 3.41. The van der Waals surface area contributed by atoms with Gasteiger partial charge >= 0.3 is 0 Å². The predicted octanol–water partition coefficient (Wildman–Crippen LogP) is 0.977. The van der Waals surface area contributed by atoms with Gasteiger partial charge in [-0.2, -0.15) is 0 Å². The highest BCUT2D eigenvalue weighted by molar-refractivity contribution is 7.80. The van der Waals surface area contributed by atoms with E-state index in [1.54, 1.807) is 6.20 Å². The molecule has 5 heteroatoms. The largest absolute Gasteiger partial charge is 0.370 e. The molecule has 0 atom stereocenters. The first-order valence-electron chi connectivity index (χ1n) is 4.93. The van der Waals surface area contributed by atoms with Crippen LogP contribution in [0.3, 0.4) is 0 Å². The fourth-order valence-corrected chi connectivity index (χ4v) is 1.16. The lowest BCUT2D eigenvalue weighted by atomic mass is 10.4. The van der Waals surface area contributed by atoms with Crippen LogP contribution in [-0.2, 0) is 0 Å². The third-order valence-electron chi connectivity index (χ3n) is 1.84. The van der Waals surface area contributed by atoms with E-state index in [0.717, 1.165) is 25.3 Å². The van der Waals surface area contributed by atoms with E-state index < -0.39 is 0 Å². The summed E-state index contributed by atoms with van der Waals surface area (Å²) in [5.41, 5.74) is 0. The zero-order chi connectivity index (χ0) is 10.9. The number of thiocarbonyl (C=S) groups is 1. The lowest BCUT2D eigenvalue weighted by Gasteiger charge is -2.07. The lowest BCUT2D eigenvalue weighted by Crippen LogP contribution is -2.33. The Morgan fingerprint density at radius 2 is 2.27 bits per heavy atom. The number of rotatable bonds is 5. The third-order valence-corrected chi connectivity index (χ3v) is 2.19. The summed E-state index contributed by atoms with van der Waals surface area (Å²) >= 11 is 4.94. The summed E-state index contributed by atoms with van der Waals surface area (Å²) in [6, 6.07) is 5.81. The van der Waals surface area contributed by atoms with Crippen molar-refractivity contribution in [1.82, 2.24) is 15.6 Å². The van der Waals surface area contributed by atoms with Crippen LogP contribution < -0.4 is 16.0 Å². The Morgan fingerprint density at radius 1 is 1.40 bits per heavy atom. The van der Waals surface area contributed by atoms with Crippen molar-refractivity contribution in [3.63, 3.8) is 0 Å². The molecule has 0 aliphatic carbocycles. The molecule has 82 valence electrons. The molecule has 1 rings (SSSR count). The van der Waals surface area contributed by atoms with Gasteiger partial charge in [-0.15, -0.1) is 0 Å². The number of anilines is 1. The topological polar surface area (TPSA) is 49.0 Å². The summed E-state index contributed by atoms with van der Waals surface area (Å²) in [6.07, 6.45) is 2.77. The van der Waals surface area contributed by atoms with Crippen LogP contribution in [0, 0.1) is 0 Å². The van der Waals surface area contributed by atoms with Crippen LogP contribution in [0.2, 0.25) is 0 Å². The third kappa shape index (κ3) is 5.17. The van der Waals surface area contributed by atoms with Gasteiger partial charge in [0.05, 0.1) is 0 Å². The standard InChI is InChI=1S/C10H16N4S/c1-11-10(15)14-8-4-7-13-9-5-2-3-6-12-9/h2-3,5-6H,4,7-8H2,1H3,(H,12,13)(H2,11,14,15). The molecule has 0 bridgehead atoms. The molecule has 0 saturated carbocycles. The van der Waals surface area contributed by atoms with Crippen molar-refractivity contribution < 1.29 is 0 Å². The number of aromatic nitrogens is 1. The second-order valence-electron chi connectivity index (χ2n) is 3.00. The predicted molar refractivity (Wildman–Crippen MR) is 67.0 cm³/mol. The average molecular weight is 224 g/mol. The molecule has 4 nitrogen and oxygen atoms in total. The highest BCUT2D eigenvalue weighted by Crippen LogP contribution is 1.98. The van der Waals surface area contributed by atoms with E-state index in [0.29, 0.717) is 5.11 Å². The van der Waals surface area contributed by atoms with Crippen LogP contribution >= 0.6 is 12.2 Å². The molecule has 0 spiro atoms. The molecule has 0 aliphatic heterocycles. The van der Waals surface area contributed by atoms with Crippen LogP contribution in [0.15, 0.2) is 24.4 Å². The molecule has 3 N–H and O–H groups in total. The van der Waals surface area contributed by atoms with Crippen LogP contribution in [0.1, 0.15) is 6.42 Å². The van der Waals surface area contributed by atoms with E-state index in [2.05, 4.69) is 20.9 Å². The van der Waals surface area contributed by atoms with E-state index in [4.69, 9.17) is 12.2 Å². The Kier molecular flexibility index (Phi) is 5.47. The maximum absolute atomic E-state index is 4.94. The monoisotopic (exact) mass is 224 g/mol. The van der Waals surface area contributed by atoms with Crippen molar-refractivity contribution in [1.29, 1.82) is 0 Å². The van der Waals surface area contributed by atoms with Crippen molar-refractivity contribution in [2.24, 2.45) is 0 Å². The number of hydrogen-bond donors (Lipinski definition) is 3. The van der Waals surface area contributed by atoms with Crippen LogP contribution in [0.5, 0.6) is 0 Å². The number of nitrogens with zero attached hydrogens (tertiary/aromatic N) is 1. The SMILES string of the molecule is CNC(=S)NCCCNc1ccccn1. The summed E-state index contributed by atoms with van der Waals surface area (Å²) in [4.78, 5) is 4.16. The smallest absolute Gasteiger partial charge is 0.166 e. The molecule has 15 heavy (non-hydrogen) atoms. The quantitative estimate of drug-likeness (QED) is 0.514. The zero-order valence-corrected chi connectivity index (χ0v) is 9.60. The second kappa shape index (κ2) is 7.00. The van der Waals surface area contributed by atoms with E-state index in [1.807, 2.05) is 25.2 Å². The van der Waals surface area contributed by atoms with Crippen LogP contribution in [0.4, 0.5) is 5.82 Å². The first-order valence-corrected chi connectivity index (χ1v) is 5.34. The maximum Gasteiger partial charge on any atom is 0.166 e. The van der Waals surface area contributed by atoms with Gasteiger partial charge < -0.3 is 16.0 Å². The van der Waals surface area contributed by atoms with E-state index in [9.17, 15) is 0 Å². The van der Waals surface area contributed by atoms with E-state index in [-0.39, 0.29) is 0 Å². The minimum Gasteiger partial charge on any atom is -0.370 e. The van der Waals surface area contributed by atoms with Crippen molar-refractivity contribution in [2.75, 3.05) is 25.5 Å². The molecule has 0 amide bonds. The summed E-state index contributed by atoms with van der Waals surface area (Å²) in [5.74, 6) is 0.911. The molecule has 0 aliphatic rings. The molecule has 1 aromatic rings. The highest BCUT2D eigenvalue weighted by atomic mass is 32.1. The molecule has 0 fully saturated rings. The van der Waals surface area contributed by atoms with Gasteiger partial charge in [0.25, 0.3) is 0 Å². The van der Waals surface area contributed by atoms with Gasteiger partial charge in [0.15, 0.2) is 5.11 Å². The van der Waals surface area contributed by atoms with Gasteiger partial charge in [0.1, 0.15) is 5.82 Å². The lowest BCUT2D eigenvalue weighted by molar-refractivity contribution is 0.794. The summed E-state index contributed by atoms with van der Waals surface area (Å²) < 4.78 is 0. The van der Waals surface area contributed by atoms with Crippen molar-refractivity contribution in [2.45, 2.75) is 6.42 Å². The fraction of sp³-hybridized carbons (Fsp3) is 0.400. The molecule has 0 saturated heterocycles. The van der Waals surface area contributed by atoms with E-state index >= 15 is 0 Å². The highest BCUT2D eigenvalue weighted by Gasteiger charge is 1.92. The van der Waals surface area contributed by atoms with Gasteiger partial charge in [0.2, 0.25) is 0 Å².